The highest BCUT2D eigenvalue weighted by Crippen LogP contribution is 2.51. The summed E-state index contributed by atoms with van der Waals surface area (Å²) in [4.78, 5) is 11.3. The SMILES string of the molecule is Cc1noc(-c2ccc(-c3ccc(C4(CC(=O)O)CC4)cc3)cc2)c1CC(C)c1ccc2ccccc2c1. The van der Waals surface area contributed by atoms with Gasteiger partial charge in [-0.3, -0.25) is 4.79 Å². The predicted octanol–water partition coefficient (Wildman–Crippen LogP) is 8.32. The average Bonchev–Trinajstić information content (AvgIpc) is 3.63. The number of rotatable bonds is 8. The van der Waals surface area contributed by atoms with Crippen molar-refractivity contribution in [3.8, 4) is 22.5 Å². The van der Waals surface area contributed by atoms with Gasteiger partial charge in [0.25, 0.3) is 0 Å². The number of aromatic nitrogens is 1. The molecule has 1 unspecified atom stereocenters. The Balaban J connectivity index is 1.21. The smallest absolute Gasteiger partial charge is 0.304 e. The maximum Gasteiger partial charge on any atom is 0.304 e. The number of hydrogen-bond acceptors (Lipinski definition) is 3. The zero-order valence-corrected chi connectivity index (χ0v) is 21.8. The Bertz CT molecular complexity index is 1610. The van der Waals surface area contributed by atoms with Crippen LogP contribution in [0.25, 0.3) is 33.2 Å². The fraction of sp³-hybridized carbons (Fsp3) is 0.235. The Kier molecular flexibility index (Phi) is 6.11. The molecule has 1 aromatic heterocycles. The highest BCUT2D eigenvalue weighted by atomic mass is 16.5. The molecule has 0 bridgehead atoms. The molecular formula is C34H31NO3. The monoisotopic (exact) mass is 501 g/mol. The normalized spacial score (nSPS) is 14.9. The first-order valence-corrected chi connectivity index (χ1v) is 13.3. The molecule has 1 N–H and O–H groups in total. The lowest BCUT2D eigenvalue weighted by Gasteiger charge is -2.14. The number of carboxylic acid groups (broad SMARTS) is 1. The van der Waals surface area contributed by atoms with Crippen LogP contribution in [0.15, 0.2) is 95.5 Å². The van der Waals surface area contributed by atoms with Crippen molar-refractivity contribution in [3.63, 3.8) is 0 Å². The van der Waals surface area contributed by atoms with Crippen molar-refractivity contribution in [2.24, 2.45) is 0 Å². The molecule has 0 aliphatic heterocycles. The quantitative estimate of drug-likeness (QED) is 0.232. The van der Waals surface area contributed by atoms with Gasteiger partial charge >= 0.3 is 5.97 Å². The van der Waals surface area contributed by atoms with Gasteiger partial charge in [0.1, 0.15) is 0 Å². The van der Waals surface area contributed by atoms with Crippen LogP contribution in [0.1, 0.15) is 54.5 Å². The summed E-state index contributed by atoms with van der Waals surface area (Å²) in [6, 6.07) is 32.0. The number of carboxylic acids is 1. The van der Waals surface area contributed by atoms with Gasteiger partial charge < -0.3 is 9.63 Å². The largest absolute Gasteiger partial charge is 0.481 e. The maximum absolute atomic E-state index is 11.3. The second kappa shape index (κ2) is 9.60. The van der Waals surface area contributed by atoms with E-state index >= 15 is 0 Å². The highest BCUT2D eigenvalue weighted by Gasteiger charge is 2.45. The van der Waals surface area contributed by atoms with Crippen LogP contribution in [-0.2, 0) is 16.6 Å². The molecular weight excluding hydrogens is 470 g/mol. The minimum atomic E-state index is -0.726. The van der Waals surface area contributed by atoms with E-state index in [0.29, 0.717) is 5.92 Å². The first kappa shape index (κ1) is 24.2. The number of aliphatic carboxylic acids is 1. The average molecular weight is 502 g/mol. The van der Waals surface area contributed by atoms with Gasteiger partial charge in [-0.15, -0.1) is 0 Å². The third-order valence-electron chi connectivity index (χ3n) is 8.16. The van der Waals surface area contributed by atoms with E-state index in [0.717, 1.165) is 58.5 Å². The molecule has 38 heavy (non-hydrogen) atoms. The zero-order valence-electron chi connectivity index (χ0n) is 21.8. The lowest BCUT2D eigenvalue weighted by atomic mass is 9.90. The third-order valence-corrected chi connectivity index (χ3v) is 8.16. The zero-order chi connectivity index (χ0) is 26.3. The van der Waals surface area contributed by atoms with Gasteiger partial charge in [0.2, 0.25) is 0 Å². The number of fused-ring (bicyclic) bond motifs is 1. The number of benzene rings is 4. The van der Waals surface area contributed by atoms with E-state index in [1.165, 1.54) is 16.3 Å². The van der Waals surface area contributed by atoms with Gasteiger partial charge in [-0.25, -0.2) is 0 Å². The van der Waals surface area contributed by atoms with Crippen molar-refractivity contribution in [1.29, 1.82) is 0 Å². The van der Waals surface area contributed by atoms with E-state index in [1.54, 1.807) is 0 Å². The molecule has 6 rings (SSSR count). The standard InChI is InChI=1S/C34H31NO3/c1-22(28-12-9-24-5-3-4-6-29(24)20-28)19-31-23(2)35-38-33(31)27-10-7-25(8-11-27)26-13-15-30(16-14-26)34(17-18-34)21-32(36)37/h3-16,20,22H,17-19,21H2,1-2H3,(H,36,37). The molecule has 4 aromatic carbocycles. The molecule has 1 atom stereocenters. The minimum absolute atomic E-state index is 0.168. The lowest BCUT2D eigenvalue weighted by Crippen LogP contribution is -2.12. The van der Waals surface area contributed by atoms with Gasteiger partial charge in [0, 0.05) is 16.5 Å². The van der Waals surface area contributed by atoms with E-state index in [4.69, 9.17) is 4.52 Å². The predicted molar refractivity (Wildman–Crippen MR) is 151 cm³/mol. The minimum Gasteiger partial charge on any atom is -0.481 e. The van der Waals surface area contributed by atoms with Gasteiger partial charge in [0.15, 0.2) is 5.76 Å². The second-order valence-corrected chi connectivity index (χ2v) is 10.8. The molecule has 1 aliphatic rings. The Morgan fingerprint density at radius 3 is 2.18 bits per heavy atom. The van der Waals surface area contributed by atoms with Crippen LogP contribution in [0.4, 0.5) is 0 Å². The summed E-state index contributed by atoms with van der Waals surface area (Å²) in [5.41, 5.74) is 7.60. The fourth-order valence-electron chi connectivity index (χ4n) is 5.63. The number of aryl methyl sites for hydroxylation is 1. The van der Waals surface area contributed by atoms with Crippen molar-refractivity contribution in [2.75, 3.05) is 0 Å². The first-order chi connectivity index (χ1) is 18.4. The van der Waals surface area contributed by atoms with Crippen molar-refractivity contribution in [3.05, 3.63) is 113 Å². The number of nitrogens with zero attached hydrogens (tertiary/aromatic N) is 1. The topological polar surface area (TPSA) is 63.3 Å². The van der Waals surface area contributed by atoms with Crippen molar-refractivity contribution < 1.29 is 14.4 Å². The summed E-state index contributed by atoms with van der Waals surface area (Å²) in [5, 5.41) is 16.1. The molecule has 5 aromatic rings. The lowest BCUT2D eigenvalue weighted by molar-refractivity contribution is -0.137. The van der Waals surface area contributed by atoms with Crippen LogP contribution >= 0.6 is 0 Å². The summed E-state index contributed by atoms with van der Waals surface area (Å²) in [7, 11) is 0. The Morgan fingerprint density at radius 2 is 1.53 bits per heavy atom. The van der Waals surface area contributed by atoms with Gasteiger partial charge in [0.05, 0.1) is 12.1 Å². The van der Waals surface area contributed by atoms with E-state index in [9.17, 15) is 9.90 Å². The summed E-state index contributed by atoms with van der Waals surface area (Å²) < 4.78 is 5.83. The number of hydrogen-bond donors (Lipinski definition) is 1. The van der Waals surface area contributed by atoms with Crippen LogP contribution in [0, 0.1) is 6.92 Å². The van der Waals surface area contributed by atoms with Crippen LogP contribution in [0.5, 0.6) is 0 Å². The van der Waals surface area contributed by atoms with Crippen molar-refractivity contribution >= 4 is 16.7 Å². The Hall–Kier alpha value is -4.18. The Labute approximate surface area is 222 Å². The van der Waals surface area contributed by atoms with Crippen LogP contribution < -0.4 is 0 Å². The summed E-state index contributed by atoms with van der Waals surface area (Å²) in [6.07, 6.45) is 2.96. The summed E-state index contributed by atoms with van der Waals surface area (Å²) in [6.45, 7) is 4.28. The highest BCUT2D eigenvalue weighted by molar-refractivity contribution is 5.83. The second-order valence-electron chi connectivity index (χ2n) is 10.8. The fourth-order valence-corrected chi connectivity index (χ4v) is 5.63. The molecule has 4 heteroatoms. The molecule has 4 nitrogen and oxygen atoms in total. The van der Waals surface area contributed by atoms with Crippen molar-refractivity contribution in [2.45, 2.75) is 50.9 Å². The molecule has 1 fully saturated rings. The molecule has 0 saturated heterocycles. The number of carbonyl (C=O) groups is 1. The maximum atomic E-state index is 11.3. The first-order valence-electron chi connectivity index (χ1n) is 13.3. The molecule has 190 valence electrons. The summed E-state index contributed by atoms with van der Waals surface area (Å²) in [5.74, 6) is 0.433. The van der Waals surface area contributed by atoms with Crippen LogP contribution in [0.3, 0.4) is 0 Å². The van der Waals surface area contributed by atoms with E-state index in [2.05, 4.69) is 103 Å². The van der Waals surface area contributed by atoms with E-state index in [1.807, 2.05) is 6.92 Å². The third kappa shape index (κ3) is 4.63. The Morgan fingerprint density at radius 1 is 0.895 bits per heavy atom. The molecule has 1 aliphatic carbocycles. The molecule has 0 amide bonds. The van der Waals surface area contributed by atoms with Crippen molar-refractivity contribution in [1.82, 2.24) is 5.16 Å². The van der Waals surface area contributed by atoms with Gasteiger partial charge in [-0.1, -0.05) is 103 Å². The molecule has 1 saturated carbocycles. The van der Waals surface area contributed by atoms with E-state index < -0.39 is 5.97 Å². The van der Waals surface area contributed by atoms with Crippen LogP contribution in [-0.4, -0.2) is 16.2 Å². The van der Waals surface area contributed by atoms with E-state index in [-0.39, 0.29) is 11.8 Å². The molecule has 0 spiro atoms. The van der Waals surface area contributed by atoms with Gasteiger partial charge in [-0.2, -0.15) is 0 Å². The van der Waals surface area contributed by atoms with Gasteiger partial charge in [-0.05, 0) is 65.1 Å². The van der Waals surface area contributed by atoms with Crippen LogP contribution in [0.2, 0.25) is 0 Å². The summed E-state index contributed by atoms with van der Waals surface area (Å²) >= 11 is 0. The molecule has 1 heterocycles. The molecule has 0 radical (unpaired) electrons.